The van der Waals surface area contributed by atoms with Gasteiger partial charge in [-0.25, -0.2) is 13.2 Å². The van der Waals surface area contributed by atoms with E-state index in [9.17, 15) is 13.2 Å². The van der Waals surface area contributed by atoms with E-state index >= 15 is 0 Å². The Bertz CT molecular complexity index is 1240. The third-order valence-electron chi connectivity index (χ3n) is 8.70. The predicted molar refractivity (Wildman–Crippen MR) is 158 cm³/mol. The van der Waals surface area contributed by atoms with Gasteiger partial charge in [-0.3, -0.25) is 4.90 Å². The molecule has 0 bridgehead atoms. The van der Waals surface area contributed by atoms with E-state index in [1.54, 1.807) is 27.4 Å². The zero-order chi connectivity index (χ0) is 28.1. The molecular formula is C31H40ClN3O4S. The van der Waals surface area contributed by atoms with Crippen LogP contribution in [0.25, 0.3) is 0 Å². The molecule has 9 heteroatoms. The number of halogens is 1. The lowest BCUT2D eigenvalue weighted by Crippen LogP contribution is -2.55. The molecule has 3 fully saturated rings. The van der Waals surface area contributed by atoms with Crippen molar-refractivity contribution in [1.29, 1.82) is 0 Å². The first-order chi connectivity index (χ1) is 19.4. The molecule has 1 saturated carbocycles. The number of rotatable bonds is 7. The number of nitrogens with zero attached hydrogens (tertiary/aromatic N) is 3. The summed E-state index contributed by atoms with van der Waals surface area (Å²) in [5.41, 5.74) is 0.915. The van der Waals surface area contributed by atoms with Crippen molar-refractivity contribution in [3.63, 3.8) is 0 Å². The standard InChI is InChI=1S/C31H40ClN3O4S/c1-2-30(39-31(36)34-22-20-33(21-23-34)26-12-7-4-8-13-26)29-15-9-14-28(24-10-5-3-6-11-24)35(29)40(37,38)27-18-16-25(32)17-19-27/h2-3,5-6,10-11,16-19,26,28-30H,1,4,7-9,12-15,20-23H2/t28-,29+,30?/m0/s1. The first-order valence-electron chi connectivity index (χ1n) is 14.5. The molecule has 7 nitrogen and oxygen atoms in total. The van der Waals surface area contributed by atoms with E-state index in [4.69, 9.17) is 16.3 Å². The number of carbonyl (C=O) groups is 1. The largest absolute Gasteiger partial charge is 0.440 e. The summed E-state index contributed by atoms with van der Waals surface area (Å²) in [5, 5.41) is 0.468. The summed E-state index contributed by atoms with van der Waals surface area (Å²) in [6.07, 6.45) is 8.82. The van der Waals surface area contributed by atoms with Crippen LogP contribution in [0.1, 0.15) is 63.0 Å². The topological polar surface area (TPSA) is 70.2 Å². The van der Waals surface area contributed by atoms with E-state index in [1.807, 2.05) is 30.3 Å². The zero-order valence-corrected chi connectivity index (χ0v) is 24.6. The smallest absolute Gasteiger partial charge is 0.410 e. The van der Waals surface area contributed by atoms with Crippen LogP contribution in [0.5, 0.6) is 0 Å². The minimum absolute atomic E-state index is 0.165. The molecule has 0 spiro atoms. The number of carbonyl (C=O) groups excluding carboxylic acids is 1. The molecular weight excluding hydrogens is 546 g/mol. The molecule has 1 aliphatic carbocycles. The summed E-state index contributed by atoms with van der Waals surface area (Å²) in [4.78, 5) is 17.8. The average Bonchev–Trinajstić information content (AvgIpc) is 3.00. The highest BCUT2D eigenvalue weighted by Crippen LogP contribution is 2.41. The Hall–Kier alpha value is -2.39. The van der Waals surface area contributed by atoms with Crippen LogP contribution in [-0.4, -0.2) is 73.0 Å². The Morgan fingerprint density at radius 2 is 1.57 bits per heavy atom. The van der Waals surface area contributed by atoms with Crippen molar-refractivity contribution in [2.75, 3.05) is 26.2 Å². The van der Waals surface area contributed by atoms with Gasteiger partial charge in [-0.15, -0.1) is 0 Å². The van der Waals surface area contributed by atoms with Crippen LogP contribution in [0.4, 0.5) is 4.79 Å². The normalized spacial score (nSPS) is 24.4. The van der Waals surface area contributed by atoms with Gasteiger partial charge in [0.25, 0.3) is 0 Å². The minimum atomic E-state index is -3.95. The number of amides is 1. The van der Waals surface area contributed by atoms with Gasteiger partial charge in [-0.1, -0.05) is 67.8 Å². The van der Waals surface area contributed by atoms with Crippen LogP contribution < -0.4 is 0 Å². The minimum Gasteiger partial charge on any atom is -0.440 e. The Morgan fingerprint density at radius 1 is 0.900 bits per heavy atom. The van der Waals surface area contributed by atoms with Crippen molar-refractivity contribution in [1.82, 2.24) is 14.1 Å². The Balaban J connectivity index is 1.35. The fraction of sp³-hybridized carbons (Fsp3) is 0.516. The Kier molecular flexibility index (Phi) is 9.51. The maximum absolute atomic E-state index is 14.2. The predicted octanol–water partition coefficient (Wildman–Crippen LogP) is 6.27. The summed E-state index contributed by atoms with van der Waals surface area (Å²) < 4.78 is 36.0. The molecule has 1 unspecified atom stereocenters. The van der Waals surface area contributed by atoms with Crippen molar-refractivity contribution in [2.45, 2.75) is 80.5 Å². The third kappa shape index (κ3) is 6.40. The zero-order valence-electron chi connectivity index (χ0n) is 23.0. The van der Waals surface area contributed by atoms with Gasteiger partial charge in [0.2, 0.25) is 10.0 Å². The fourth-order valence-electron chi connectivity index (χ4n) is 6.57. The number of hydrogen-bond donors (Lipinski definition) is 0. The van der Waals surface area contributed by atoms with Crippen molar-refractivity contribution in [2.24, 2.45) is 0 Å². The van der Waals surface area contributed by atoms with Crippen molar-refractivity contribution < 1.29 is 17.9 Å². The summed E-state index contributed by atoms with van der Waals surface area (Å²) in [5.74, 6) is 0. The van der Waals surface area contributed by atoms with Crippen molar-refractivity contribution in [3.05, 3.63) is 77.8 Å². The Labute approximate surface area is 243 Å². The lowest BCUT2D eigenvalue weighted by molar-refractivity contribution is 0.0148. The molecule has 3 aliphatic rings. The van der Waals surface area contributed by atoms with Gasteiger partial charge in [0.05, 0.1) is 17.0 Å². The summed E-state index contributed by atoms with van der Waals surface area (Å²) in [6.45, 7) is 6.88. The van der Waals surface area contributed by atoms with E-state index in [-0.39, 0.29) is 10.9 Å². The van der Waals surface area contributed by atoms with E-state index < -0.39 is 28.3 Å². The summed E-state index contributed by atoms with van der Waals surface area (Å²) >= 11 is 6.07. The van der Waals surface area contributed by atoms with Crippen LogP contribution in [0, 0.1) is 0 Å². The van der Waals surface area contributed by atoms with Crippen LogP contribution in [0.15, 0.2) is 72.1 Å². The molecule has 216 valence electrons. The molecule has 2 aromatic rings. The monoisotopic (exact) mass is 585 g/mol. The molecule has 3 atom stereocenters. The van der Waals surface area contributed by atoms with Crippen LogP contribution in [0.3, 0.4) is 0 Å². The van der Waals surface area contributed by atoms with E-state index in [2.05, 4.69) is 11.5 Å². The number of ether oxygens (including phenoxy) is 1. The third-order valence-corrected chi connectivity index (χ3v) is 10.9. The number of piperidine rings is 1. The van der Waals surface area contributed by atoms with E-state index in [0.29, 0.717) is 37.0 Å². The van der Waals surface area contributed by atoms with Crippen LogP contribution in [0.2, 0.25) is 5.02 Å². The first kappa shape index (κ1) is 29.1. The van der Waals surface area contributed by atoms with Gasteiger partial charge in [0, 0.05) is 37.2 Å². The van der Waals surface area contributed by atoms with E-state index in [1.165, 1.54) is 44.2 Å². The quantitative estimate of drug-likeness (QED) is 0.358. The van der Waals surface area contributed by atoms with Gasteiger partial charge in [0.1, 0.15) is 6.10 Å². The maximum Gasteiger partial charge on any atom is 0.410 e. The molecule has 2 aromatic carbocycles. The highest BCUT2D eigenvalue weighted by Gasteiger charge is 2.44. The Morgan fingerprint density at radius 3 is 2.23 bits per heavy atom. The van der Waals surface area contributed by atoms with Crippen molar-refractivity contribution in [3.8, 4) is 0 Å². The number of sulfonamides is 1. The van der Waals surface area contributed by atoms with E-state index in [0.717, 1.165) is 25.1 Å². The second-order valence-corrected chi connectivity index (χ2v) is 13.4. The number of piperazine rings is 1. The lowest BCUT2D eigenvalue weighted by atomic mass is 9.91. The molecule has 2 aliphatic heterocycles. The molecule has 40 heavy (non-hydrogen) atoms. The number of hydrogen-bond acceptors (Lipinski definition) is 5. The van der Waals surface area contributed by atoms with Gasteiger partial charge >= 0.3 is 6.09 Å². The molecule has 0 radical (unpaired) electrons. The van der Waals surface area contributed by atoms with Gasteiger partial charge in [0.15, 0.2) is 0 Å². The van der Waals surface area contributed by atoms with Crippen LogP contribution >= 0.6 is 11.6 Å². The number of benzene rings is 2. The molecule has 0 N–H and O–H groups in total. The van der Waals surface area contributed by atoms with Gasteiger partial charge in [-0.05, 0) is 68.0 Å². The SMILES string of the molecule is C=CC(OC(=O)N1CCN(C2CCCCC2)CC1)[C@H]1CCC[C@@H](c2ccccc2)N1S(=O)(=O)c1ccc(Cl)cc1. The lowest BCUT2D eigenvalue weighted by Gasteiger charge is -2.44. The summed E-state index contributed by atoms with van der Waals surface area (Å²) in [7, 11) is -3.95. The maximum atomic E-state index is 14.2. The molecule has 5 rings (SSSR count). The van der Waals surface area contributed by atoms with Gasteiger partial charge < -0.3 is 9.64 Å². The molecule has 2 heterocycles. The molecule has 2 saturated heterocycles. The first-order valence-corrected chi connectivity index (χ1v) is 16.4. The van der Waals surface area contributed by atoms with Crippen molar-refractivity contribution >= 4 is 27.7 Å². The fourth-order valence-corrected chi connectivity index (χ4v) is 8.56. The van der Waals surface area contributed by atoms with Gasteiger partial charge in [-0.2, -0.15) is 4.31 Å². The highest BCUT2D eigenvalue weighted by molar-refractivity contribution is 7.89. The highest BCUT2D eigenvalue weighted by atomic mass is 35.5. The summed E-state index contributed by atoms with van der Waals surface area (Å²) in [6, 6.07) is 15.6. The molecule has 0 aromatic heterocycles. The molecule has 1 amide bonds. The second kappa shape index (κ2) is 13.1. The van der Waals surface area contributed by atoms with Crippen LogP contribution in [-0.2, 0) is 14.8 Å². The average molecular weight is 586 g/mol. The second-order valence-electron chi connectivity index (χ2n) is 11.1.